The highest BCUT2D eigenvalue weighted by atomic mass is 32.2. The monoisotopic (exact) mass is 277 g/mol. The van der Waals surface area contributed by atoms with Crippen molar-refractivity contribution in [2.24, 2.45) is 4.99 Å². The summed E-state index contributed by atoms with van der Waals surface area (Å²) in [6.45, 7) is 0.742. The number of rotatable bonds is 3. The molecule has 98 valence electrons. The van der Waals surface area contributed by atoms with Crippen molar-refractivity contribution in [3.05, 3.63) is 24.3 Å². The Morgan fingerprint density at radius 3 is 2.78 bits per heavy atom. The lowest BCUT2D eigenvalue weighted by Gasteiger charge is -2.12. The Balaban J connectivity index is 1.94. The summed E-state index contributed by atoms with van der Waals surface area (Å²) in [6.07, 6.45) is -4.68. The summed E-state index contributed by atoms with van der Waals surface area (Å²) in [5, 5.41) is 0.720. The zero-order valence-corrected chi connectivity index (χ0v) is 9.94. The van der Waals surface area contributed by atoms with Crippen LogP contribution in [-0.4, -0.2) is 23.8 Å². The minimum atomic E-state index is -4.68. The molecule has 2 N–H and O–H groups in total. The van der Waals surface area contributed by atoms with Gasteiger partial charge in [0.1, 0.15) is 5.75 Å². The molecular weight excluding hydrogens is 267 g/mol. The van der Waals surface area contributed by atoms with Gasteiger partial charge < -0.3 is 4.74 Å². The topological polar surface area (TPSA) is 45.6 Å². The maximum Gasteiger partial charge on any atom is 0.573 e. The largest absolute Gasteiger partial charge is 0.573 e. The lowest BCUT2D eigenvalue weighted by Crippen LogP contribution is -2.25. The third kappa shape index (κ3) is 4.02. The number of nitrogens with zero attached hydrogens (tertiary/aromatic N) is 1. The van der Waals surface area contributed by atoms with Crippen molar-refractivity contribution in [1.29, 1.82) is 0 Å². The Hall–Kier alpha value is -1.57. The van der Waals surface area contributed by atoms with Crippen molar-refractivity contribution in [2.75, 3.05) is 17.7 Å². The number of halogens is 3. The molecule has 1 heterocycles. The molecule has 0 bridgehead atoms. The molecule has 4 nitrogen and oxygen atoms in total. The third-order valence-electron chi connectivity index (χ3n) is 1.97. The first-order valence-corrected chi connectivity index (χ1v) is 6.06. The van der Waals surface area contributed by atoms with Crippen molar-refractivity contribution < 1.29 is 17.9 Å². The minimum absolute atomic E-state index is 0.268. The lowest BCUT2D eigenvalue weighted by molar-refractivity contribution is -0.274. The van der Waals surface area contributed by atoms with Gasteiger partial charge in [0.2, 0.25) is 0 Å². The van der Waals surface area contributed by atoms with E-state index in [4.69, 9.17) is 0 Å². The van der Waals surface area contributed by atoms with Gasteiger partial charge in [-0.1, -0.05) is 17.8 Å². The second-order valence-electron chi connectivity index (χ2n) is 3.36. The highest BCUT2D eigenvalue weighted by Crippen LogP contribution is 2.24. The summed E-state index contributed by atoms with van der Waals surface area (Å²) >= 11 is 1.54. The van der Waals surface area contributed by atoms with Crippen LogP contribution in [0.2, 0.25) is 0 Å². The van der Waals surface area contributed by atoms with Crippen LogP contribution in [0.15, 0.2) is 29.3 Å². The summed E-state index contributed by atoms with van der Waals surface area (Å²) in [6, 6.07) is 5.58. The number of hydrazine groups is 1. The zero-order valence-electron chi connectivity index (χ0n) is 9.12. The van der Waals surface area contributed by atoms with Crippen LogP contribution in [0, 0.1) is 0 Å². The van der Waals surface area contributed by atoms with Gasteiger partial charge in [-0.2, -0.15) is 0 Å². The van der Waals surface area contributed by atoms with E-state index in [1.807, 2.05) is 0 Å². The van der Waals surface area contributed by atoms with E-state index in [1.165, 1.54) is 18.2 Å². The number of thioether (sulfide) groups is 1. The summed E-state index contributed by atoms with van der Waals surface area (Å²) in [7, 11) is 0. The third-order valence-corrected chi connectivity index (χ3v) is 2.86. The molecule has 18 heavy (non-hydrogen) atoms. The number of hydrogen-bond donors (Lipinski definition) is 2. The minimum Gasteiger partial charge on any atom is -0.406 e. The van der Waals surface area contributed by atoms with E-state index in [0.717, 1.165) is 17.5 Å². The number of alkyl halides is 3. The number of anilines is 1. The average Bonchev–Trinajstić information content (AvgIpc) is 2.77. The molecule has 0 fully saturated rings. The Kier molecular flexibility index (Phi) is 3.85. The average molecular weight is 277 g/mol. The fourth-order valence-electron chi connectivity index (χ4n) is 1.31. The summed E-state index contributed by atoms with van der Waals surface area (Å²) in [5.41, 5.74) is 6.04. The van der Waals surface area contributed by atoms with E-state index >= 15 is 0 Å². The van der Waals surface area contributed by atoms with E-state index in [9.17, 15) is 13.2 Å². The second kappa shape index (κ2) is 5.38. The van der Waals surface area contributed by atoms with Crippen molar-refractivity contribution >= 4 is 22.6 Å². The summed E-state index contributed by atoms with van der Waals surface area (Å²) in [4.78, 5) is 4.13. The zero-order chi connectivity index (χ0) is 13.0. The van der Waals surface area contributed by atoms with Crippen LogP contribution in [-0.2, 0) is 0 Å². The molecule has 0 aromatic heterocycles. The summed E-state index contributed by atoms with van der Waals surface area (Å²) < 4.78 is 39.9. The highest BCUT2D eigenvalue weighted by Gasteiger charge is 2.31. The van der Waals surface area contributed by atoms with Crippen molar-refractivity contribution in [2.45, 2.75) is 6.36 Å². The number of aliphatic imine (C=N–C) groups is 1. The van der Waals surface area contributed by atoms with Gasteiger partial charge in [0.05, 0.1) is 12.2 Å². The van der Waals surface area contributed by atoms with Crippen LogP contribution in [0.4, 0.5) is 18.9 Å². The van der Waals surface area contributed by atoms with Crippen LogP contribution in [0.3, 0.4) is 0 Å². The molecule has 1 aliphatic heterocycles. The fraction of sp³-hybridized carbons (Fsp3) is 0.300. The fourth-order valence-corrected chi connectivity index (χ4v) is 1.99. The van der Waals surface area contributed by atoms with Gasteiger partial charge in [-0.3, -0.25) is 15.8 Å². The molecule has 0 amide bonds. The highest BCUT2D eigenvalue weighted by molar-refractivity contribution is 8.14. The van der Waals surface area contributed by atoms with Crippen molar-refractivity contribution in [1.82, 2.24) is 5.43 Å². The molecule has 0 saturated carbocycles. The first-order valence-electron chi connectivity index (χ1n) is 5.08. The van der Waals surface area contributed by atoms with Gasteiger partial charge >= 0.3 is 6.36 Å². The maximum absolute atomic E-state index is 12.0. The SMILES string of the molecule is FC(F)(F)Oc1cccc(NNC2=NCCS2)c1. The molecule has 2 rings (SSSR count). The molecule has 0 saturated heterocycles. The van der Waals surface area contributed by atoms with E-state index < -0.39 is 6.36 Å². The van der Waals surface area contributed by atoms with Gasteiger partial charge in [0, 0.05) is 11.8 Å². The standard InChI is InChI=1S/C10H10F3N3OS/c11-10(12,13)17-8-3-1-2-7(6-8)15-16-9-14-4-5-18-9/h1-3,6,15H,4-5H2,(H,14,16). The predicted octanol–water partition coefficient (Wildman–Crippen LogP) is 2.60. The quantitative estimate of drug-likeness (QED) is 0.834. The Bertz CT molecular complexity index is 450. The molecule has 1 aliphatic rings. The number of benzene rings is 1. The normalized spacial score (nSPS) is 15.2. The number of amidine groups is 1. The molecule has 0 unspecified atom stereocenters. The van der Waals surface area contributed by atoms with Crippen LogP contribution < -0.4 is 15.6 Å². The van der Waals surface area contributed by atoms with Crippen LogP contribution in [0.25, 0.3) is 0 Å². The van der Waals surface area contributed by atoms with E-state index in [1.54, 1.807) is 17.8 Å². The molecule has 1 aromatic carbocycles. The predicted molar refractivity (Wildman–Crippen MR) is 64.6 cm³/mol. The molecule has 0 aliphatic carbocycles. The van der Waals surface area contributed by atoms with E-state index in [-0.39, 0.29) is 5.75 Å². The van der Waals surface area contributed by atoms with Crippen molar-refractivity contribution in [3.8, 4) is 5.75 Å². The first kappa shape index (κ1) is 12.9. The molecule has 0 atom stereocenters. The number of nitrogens with one attached hydrogen (secondary N) is 2. The Labute approximate surface area is 106 Å². The van der Waals surface area contributed by atoms with Crippen LogP contribution >= 0.6 is 11.8 Å². The van der Waals surface area contributed by atoms with Gasteiger partial charge in [-0.25, -0.2) is 0 Å². The Morgan fingerprint density at radius 1 is 1.28 bits per heavy atom. The van der Waals surface area contributed by atoms with Gasteiger partial charge in [-0.15, -0.1) is 13.2 Å². The van der Waals surface area contributed by atoms with E-state index in [0.29, 0.717) is 5.69 Å². The van der Waals surface area contributed by atoms with E-state index in [2.05, 4.69) is 20.6 Å². The molecular formula is C10H10F3N3OS. The molecule has 1 aromatic rings. The van der Waals surface area contributed by atoms with Crippen LogP contribution in [0.5, 0.6) is 5.75 Å². The smallest absolute Gasteiger partial charge is 0.406 e. The summed E-state index contributed by atoms with van der Waals surface area (Å²) in [5.74, 6) is 0.636. The molecule has 8 heteroatoms. The lowest BCUT2D eigenvalue weighted by atomic mass is 10.3. The molecule has 0 spiro atoms. The van der Waals surface area contributed by atoms with Crippen LogP contribution in [0.1, 0.15) is 0 Å². The van der Waals surface area contributed by atoms with Crippen molar-refractivity contribution in [3.63, 3.8) is 0 Å². The second-order valence-corrected chi connectivity index (χ2v) is 4.44. The Morgan fingerprint density at radius 2 is 2.11 bits per heavy atom. The first-order chi connectivity index (χ1) is 8.53. The molecule has 0 radical (unpaired) electrons. The number of hydrogen-bond acceptors (Lipinski definition) is 5. The van der Waals surface area contributed by atoms with Gasteiger partial charge in [-0.05, 0) is 12.1 Å². The maximum atomic E-state index is 12.0. The van der Waals surface area contributed by atoms with Gasteiger partial charge in [0.25, 0.3) is 0 Å². The number of ether oxygens (including phenoxy) is 1. The van der Waals surface area contributed by atoms with Gasteiger partial charge in [0.15, 0.2) is 5.17 Å².